The predicted molar refractivity (Wildman–Crippen MR) is 87.2 cm³/mol. The summed E-state index contributed by atoms with van der Waals surface area (Å²) in [5, 5.41) is 0. The minimum atomic E-state index is -3.69. The van der Waals surface area contributed by atoms with Gasteiger partial charge in [-0.05, 0) is 23.3 Å². The fraction of sp³-hybridized carbons (Fsp3) is 0.235. The quantitative estimate of drug-likeness (QED) is 0.793. The first-order valence-corrected chi connectivity index (χ1v) is 8.74. The molecule has 2 aromatic rings. The molecule has 0 radical (unpaired) electrons. The van der Waals surface area contributed by atoms with E-state index in [2.05, 4.69) is 4.74 Å². The molecule has 0 spiro atoms. The van der Waals surface area contributed by atoms with Crippen molar-refractivity contribution < 1.29 is 22.7 Å². The molecule has 0 fully saturated rings. The average Bonchev–Trinajstić information content (AvgIpc) is 3.05. The van der Waals surface area contributed by atoms with Crippen LogP contribution in [0.3, 0.4) is 0 Å². The van der Waals surface area contributed by atoms with Crippen LogP contribution in [0.2, 0.25) is 0 Å². The molecule has 0 aliphatic carbocycles. The van der Waals surface area contributed by atoms with E-state index in [4.69, 9.17) is 4.74 Å². The maximum atomic E-state index is 12.9. The van der Waals surface area contributed by atoms with E-state index in [0.717, 1.165) is 11.1 Å². The van der Waals surface area contributed by atoms with Gasteiger partial charge in [-0.1, -0.05) is 24.3 Å². The van der Waals surface area contributed by atoms with E-state index in [1.165, 1.54) is 36.7 Å². The van der Waals surface area contributed by atoms with Gasteiger partial charge in [0, 0.05) is 19.2 Å². The van der Waals surface area contributed by atoms with Crippen LogP contribution in [0.15, 0.2) is 47.4 Å². The van der Waals surface area contributed by atoms with Gasteiger partial charge in [0.25, 0.3) is 0 Å². The number of hydrogen-bond acceptors (Lipinski definition) is 5. The lowest BCUT2D eigenvalue weighted by atomic mass is 10.1. The maximum Gasteiger partial charge on any atom is 0.341 e. The third-order valence-electron chi connectivity index (χ3n) is 4.03. The second-order valence-corrected chi connectivity index (χ2v) is 7.33. The van der Waals surface area contributed by atoms with E-state index < -0.39 is 16.0 Å². The van der Waals surface area contributed by atoms with Crippen LogP contribution in [-0.2, 0) is 27.8 Å². The number of benzene rings is 2. The van der Waals surface area contributed by atoms with Gasteiger partial charge in [0.05, 0.1) is 19.1 Å². The number of methoxy groups -OCH3 is 2. The van der Waals surface area contributed by atoms with Crippen LogP contribution in [0.1, 0.15) is 21.5 Å². The Labute approximate surface area is 140 Å². The Bertz CT molecular complexity index is 867. The van der Waals surface area contributed by atoms with Crippen LogP contribution in [0.25, 0.3) is 0 Å². The summed E-state index contributed by atoms with van der Waals surface area (Å²) in [6.45, 7) is 0.666. The second kappa shape index (κ2) is 6.26. The first-order chi connectivity index (χ1) is 11.5. The molecule has 6 nitrogen and oxygen atoms in total. The Morgan fingerprint density at radius 2 is 1.67 bits per heavy atom. The van der Waals surface area contributed by atoms with Crippen LogP contribution in [0.5, 0.6) is 5.75 Å². The number of sulfonamides is 1. The van der Waals surface area contributed by atoms with Gasteiger partial charge >= 0.3 is 5.97 Å². The van der Waals surface area contributed by atoms with E-state index in [0.29, 0.717) is 13.1 Å². The largest absolute Gasteiger partial charge is 0.496 e. The molecule has 0 bridgehead atoms. The number of hydrogen-bond donors (Lipinski definition) is 0. The molecule has 0 atom stereocenters. The lowest BCUT2D eigenvalue weighted by Gasteiger charge is -2.17. The minimum absolute atomic E-state index is 0.0832. The van der Waals surface area contributed by atoms with Crippen molar-refractivity contribution in [1.82, 2.24) is 4.31 Å². The number of fused-ring (bicyclic) bond motifs is 1. The Morgan fingerprint density at radius 3 is 2.21 bits per heavy atom. The van der Waals surface area contributed by atoms with Crippen molar-refractivity contribution in [3.8, 4) is 5.75 Å². The Balaban J connectivity index is 1.95. The molecule has 0 aromatic heterocycles. The van der Waals surface area contributed by atoms with E-state index in [1.54, 1.807) is 0 Å². The van der Waals surface area contributed by atoms with Crippen LogP contribution >= 0.6 is 0 Å². The van der Waals surface area contributed by atoms with Crippen LogP contribution in [-0.4, -0.2) is 32.9 Å². The molecule has 126 valence electrons. The fourth-order valence-electron chi connectivity index (χ4n) is 2.73. The monoisotopic (exact) mass is 347 g/mol. The molecule has 24 heavy (non-hydrogen) atoms. The number of esters is 1. The lowest BCUT2D eigenvalue weighted by Crippen LogP contribution is -2.25. The Hall–Kier alpha value is -2.38. The molecule has 0 saturated carbocycles. The molecule has 1 heterocycles. The highest BCUT2D eigenvalue weighted by Crippen LogP contribution is 2.31. The Morgan fingerprint density at radius 1 is 1.04 bits per heavy atom. The number of carbonyl (C=O) groups is 1. The molecule has 1 aliphatic heterocycles. The number of carbonyl (C=O) groups excluding carboxylic acids is 1. The van der Waals surface area contributed by atoms with Gasteiger partial charge < -0.3 is 9.47 Å². The SMILES string of the molecule is COC(=O)c1ccc(S(=O)(=O)N2Cc3ccccc3C2)cc1OC. The molecule has 1 aliphatic rings. The summed E-state index contributed by atoms with van der Waals surface area (Å²) in [5.74, 6) is -0.413. The van der Waals surface area contributed by atoms with E-state index >= 15 is 0 Å². The summed E-state index contributed by atoms with van der Waals surface area (Å²) in [7, 11) is -1.05. The van der Waals surface area contributed by atoms with Gasteiger partial charge in [-0.3, -0.25) is 0 Å². The normalized spacial score (nSPS) is 14.2. The number of ether oxygens (including phenoxy) is 2. The molecule has 0 unspecified atom stereocenters. The summed E-state index contributed by atoms with van der Waals surface area (Å²) >= 11 is 0. The third kappa shape index (κ3) is 2.76. The van der Waals surface area contributed by atoms with Crippen LogP contribution < -0.4 is 4.74 Å². The predicted octanol–water partition coefficient (Wildman–Crippen LogP) is 2.19. The van der Waals surface area contributed by atoms with Crippen molar-refractivity contribution in [1.29, 1.82) is 0 Å². The van der Waals surface area contributed by atoms with Crippen molar-refractivity contribution in [2.45, 2.75) is 18.0 Å². The van der Waals surface area contributed by atoms with Gasteiger partial charge in [0.15, 0.2) is 0 Å². The number of rotatable bonds is 4. The van der Waals surface area contributed by atoms with E-state index in [1.807, 2.05) is 24.3 Å². The molecule has 0 N–H and O–H groups in total. The van der Waals surface area contributed by atoms with E-state index in [-0.39, 0.29) is 16.2 Å². The first kappa shape index (κ1) is 16.5. The van der Waals surface area contributed by atoms with Gasteiger partial charge in [0.2, 0.25) is 10.0 Å². The van der Waals surface area contributed by atoms with Crippen molar-refractivity contribution in [2.24, 2.45) is 0 Å². The van der Waals surface area contributed by atoms with Crippen molar-refractivity contribution in [2.75, 3.05) is 14.2 Å². The highest BCUT2D eigenvalue weighted by atomic mass is 32.2. The zero-order valence-corrected chi connectivity index (χ0v) is 14.2. The van der Waals surface area contributed by atoms with E-state index in [9.17, 15) is 13.2 Å². The summed E-state index contributed by atoms with van der Waals surface area (Å²) < 4.78 is 37.0. The van der Waals surface area contributed by atoms with Crippen molar-refractivity contribution in [3.63, 3.8) is 0 Å². The van der Waals surface area contributed by atoms with Crippen molar-refractivity contribution >= 4 is 16.0 Å². The van der Waals surface area contributed by atoms with Gasteiger partial charge in [-0.2, -0.15) is 4.31 Å². The smallest absolute Gasteiger partial charge is 0.341 e. The first-order valence-electron chi connectivity index (χ1n) is 7.30. The molecule has 0 saturated heterocycles. The highest BCUT2D eigenvalue weighted by molar-refractivity contribution is 7.89. The summed E-state index contributed by atoms with van der Waals surface area (Å²) in [6, 6.07) is 11.8. The lowest BCUT2D eigenvalue weighted by molar-refractivity contribution is 0.0597. The van der Waals surface area contributed by atoms with Crippen molar-refractivity contribution in [3.05, 3.63) is 59.2 Å². The van der Waals surface area contributed by atoms with Crippen LogP contribution in [0, 0.1) is 0 Å². The van der Waals surface area contributed by atoms with Gasteiger partial charge in [-0.25, -0.2) is 13.2 Å². The standard InChI is InChI=1S/C17H17NO5S/c1-22-16-9-14(7-8-15(16)17(19)23-2)24(20,21)18-10-12-5-3-4-6-13(12)11-18/h3-9H,10-11H2,1-2H3. The number of nitrogens with zero attached hydrogens (tertiary/aromatic N) is 1. The molecule has 3 rings (SSSR count). The van der Waals surface area contributed by atoms with Gasteiger partial charge in [0.1, 0.15) is 11.3 Å². The third-order valence-corrected chi connectivity index (χ3v) is 5.82. The summed E-state index contributed by atoms with van der Waals surface area (Å²) in [5.41, 5.74) is 2.18. The average molecular weight is 347 g/mol. The minimum Gasteiger partial charge on any atom is -0.496 e. The summed E-state index contributed by atoms with van der Waals surface area (Å²) in [6.07, 6.45) is 0. The van der Waals surface area contributed by atoms with Gasteiger partial charge in [-0.15, -0.1) is 0 Å². The molecule has 0 amide bonds. The topological polar surface area (TPSA) is 72.9 Å². The summed E-state index contributed by atoms with van der Waals surface area (Å²) in [4.78, 5) is 11.8. The van der Waals surface area contributed by atoms with Crippen LogP contribution in [0.4, 0.5) is 0 Å². The molecular formula is C17H17NO5S. The zero-order chi connectivity index (χ0) is 17.3. The second-order valence-electron chi connectivity index (χ2n) is 5.40. The fourth-order valence-corrected chi connectivity index (χ4v) is 4.14. The molecule has 2 aromatic carbocycles. The molecule has 7 heteroatoms. The maximum absolute atomic E-state index is 12.9. The molecular weight excluding hydrogens is 330 g/mol. The zero-order valence-electron chi connectivity index (χ0n) is 13.4. The Kier molecular flexibility index (Phi) is 4.29. The highest BCUT2D eigenvalue weighted by Gasteiger charge is 2.31.